The number of anilines is 3. The van der Waals surface area contributed by atoms with Gasteiger partial charge in [-0.15, -0.1) is 0 Å². The van der Waals surface area contributed by atoms with Gasteiger partial charge in [0, 0.05) is 35.8 Å². The summed E-state index contributed by atoms with van der Waals surface area (Å²) in [6, 6.07) is 48.4. The number of benzene rings is 5. The molecule has 6 rings (SSSR count). The molecule has 0 aliphatic carbocycles. The highest BCUT2D eigenvalue weighted by molar-refractivity contribution is 6.04. The summed E-state index contributed by atoms with van der Waals surface area (Å²) in [6.45, 7) is 7.92. The van der Waals surface area contributed by atoms with Crippen LogP contribution >= 0.6 is 0 Å². The van der Waals surface area contributed by atoms with Gasteiger partial charge in [-0.1, -0.05) is 132 Å². The molecule has 0 aliphatic rings. The standard InChI is InChI=1S/C17H17NO.C16H15NO.C15H14N2O/c1-13-8-10-16(11-9-13)18-17(19)12-14(2)15-6-4-3-5-7-15;1-13-7-10-15(11-8-13)17-16(18)12-9-14-5-3-2-4-6-14;1-12-7-9-14(16-11-12)17-15(18)10-8-13-5-3-2-4-6-13/h3-12H,1-2H3,(H,18,19);2-12H,1H3,(H,17,18);2-11H,1H3,(H,16,17,18)/b14-12+;12-9+;10-8+. The second kappa shape index (κ2) is 22.1. The lowest BCUT2D eigenvalue weighted by molar-refractivity contribution is -0.112. The highest BCUT2D eigenvalue weighted by atomic mass is 16.2. The summed E-state index contributed by atoms with van der Waals surface area (Å²) in [6.07, 6.45) is 9.94. The van der Waals surface area contributed by atoms with Gasteiger partial charge >= 0.3 is 0 Å². The Balaban J connectivity index is 0.000000184. The smallest absolute Gasteiger partial charge is 0.249 e. The maximum atomic E-state index is 11.9. The third kappa shape index (κ3) is 16.0. The van der Waals surface area contributed by atoms with Gasteiger partial charge in [0.25, 0.3) is 0 Å². The van der Waals surface area contributed by atoms with Crippen molar-refractivity contribution in [3.8, 4) is 0 Å². The first-order chi connectivity index (χ1) is 26.6. The Hall–Kier alpha value is -7.12. The van der Waals surface area contributed by atoms with Crippen molar-refractivity contribution < 1.29 is 14.4 Å². The van der Waals surface area contributed by atoms with Gasteiger partial charge in [0.1, 0.15) is 5.82 Å². The van der Waals surface area contributed by atoms with Crippen molar-refractivity contribution >= 4 is 52.6 Å². The minimum absolute atomic E-state index is 0.106. The van der Waals surface area contributed by atoms with Crippen LogP contribution in [0.3, 0.4) is 0 Å². The van der Waals surface area contributed by atoms with E-state index in [0.29, 0.717) is 5.82 Å². The van der Waals surface area contributed by atoms with Crippen LogP contribution in [-0.2, 0) is 14.4 Å². The summed E-state index contributed by atoms with van der Waals surface area (Å²) in [4.78, 5) is 39.3. The maximum Gasteiger partial charge on any atom is 0.249 e. The van der Waals surface area contributed by atoms with Crippen LogP contribution in [0.5, 0.6) is 0 Å². The first kappa shape index (κ1) is 40.6. The molecule has 0 radical (unpaired) electrons. The van der Waals surface area contributed by atoms with Gasteiger partial charge in [0.05, 0.1) is 0 Å². The van der Waals surface area contributed by atoms with E-state index in [1.165, 1.54) is 23.3 Å². The molecule has 1 heterocycles. The molecule has 6 aromatic rings. The lowest BCUT2D eigenvalue weighted by Gasteiger charge is -2.04. The monoisotopic (exact) mass is 726 g/mol. The zero-order valence-corrected chi connectivity index (χ0v) is 31.6. The minimum atomic E-state index is -0.185. The van der Waals surface area contributed by atoms with Gasteiger partial charge in [-0.05, 0) is 98.0 Å². The van der Waals surface area contributed by atoms with Crippen molar-refractivity contribution in [3.05, 3.63) is 209 Å². The van der Waals surface area contributed by atoms with Crippen LogP contribution < -0.4 is 16.0 Å². The molecule has 3 N–H and O–H groups in total. The third-order valence-corrected chi connectivity index (χ3v) is 7.83. The molecule has 7 heteroatoms. The molecule has 5 aromatic carbocycles. The van der Waals surface area contributed by atoms with Gasteiger partial charge < -0.3 is 16.0 Å². The zero-order valence-electron chi connectivity index (χ0n) is 31.6. The number of pyridine rings is 1. The molecule has 276 valence electrons. The van der Waals surface area contributed by atoms with Crippen molar-refractivity contribution in [2.45, 2.75) is 27.7 Å². The molecular formula is C48H46N4O3. The third-order valence-electron chi connectivity index (χ3n) is 7.83. The van der Waals surface area contributed by atoms with E-state index in [-0.39, 0.29) is 17.7 Å². The van der Waals surface area contributed by atoms with Gasteiger partial charge in [-0.2, -0.15) is 0 Å². The van der Waals surface area contributed by atoms with E-state index in [0.717, 1.165) is 39.2 Å². The second-order valence-corrected chi connectivity index (χ2v) is 12.6. The van der Waals surface area contributed by atoms with Crippen molar-refractivity contribution in [2.24, 2.45) is 0 Å². The van der Waals surface area contributed by atoms with Crippen molar-refractivity contribution in [3.63, 3.8) is 0 Å². The lowest BCUT2D eigenvalue weighted by atomic mass is 10.1. The number of nitrogens with zero attached hydrogens (tertiary/aromatic N) is 1. The number of amides is 3. The molecule has 3 amide bonds. The largest absolute Gasteiger partial charge is 0.323 e. The summed E-state index contributed by atoms with van der Waals surface area (Å²) < 4.78 is 0. The Morgan fingerprint density at radius 2 is 0.891 bits per heavy atom. The zero-order chi connectivity index (χ0) is 39.3. The minimum Gasteiger partial charge on any atom is -0.323 e. The number of hydrogen-bond acceptors (Lipinski definition) is 4. The van der Waals surface area contributed by atoms with Crippen LogP contribution in [0.15, 0.2) is 176 Å². The first-order valence-corrected chi connectivity index (χ1v) is 17.8. The van der Waals surface area contributed by atoms with E-state index < -0.39 is 0 Å². The molecule has 7 nitrogen and oxygen atoms in total. The number of rotatable bonds is 9. The fourth-order valence-electron chi connectivity index (χ4n) is 4.80. The summed E-state index contributed by atoms with van der Waals surface area (Å²) >= 11 is 0. The SMILES string of the molecule is C/C(=C\C(=O)Nc1ccc(C)cc1)c1ccccc1.Cc1ccc(NC(=O)/C=C/c2ccccc2)cc1.Cc1ccc(NC(=O)/C=C/c2ccccc2)nc1. The summed E-state index contributed by atoms with van der Waals surface area (Å²) in [5, 5.41) is 8.37. The van der Waals surface area contributed by atoms with Crippen molar-refractivity contribution in [1.29, 1.82) is 0 Å². The van der Waals surface area contributed by atoms with Crippen LogP contribution in [0.25, 0.3) is 17.7 Å². The fourth-order valence-corrected chi connectivity index (χ4v) is 4.80. The predicted molar refractivity (Wildman–Crippen MR) is 228 cm³/mol. The Kier molecular flexibility index (Phi) is 16.3. The van der Waals surface area contributed by atoms with Gasteiger partial charge in [0.15, 0.2) is 0 Å². The normalized spacial score (nSPS) is 10.7. The second-order valence-electron chi connectivity index (χ2n) is 12.6. The summed E-state index contributed by atoms with van der Waals surface area (Å²) in [5.41, 5.74) is 9.04. The number of carbonyl (C=O) groups excluding carboxylic acids is 3. The molecule has 1 aromatic heterocycles. The van der Waals surface area contributed by atoms with E-state index in [1.807, 2.05) is 173 Å². The van der Waals surface area contributed by atoms with Crippen LogP contribution in [0.1, 0.15) is 40.3 Å². The van der Waals surface area contributed by atoms with E-state index >= 15 is 0 Å². The quantitative estimate of drug-likeness (QED) is 0.129. The summed E-state index contributed by atoms with van der Waals surface area (Å²) in [5.74, 6) is 0.145. The average Bonchev–Trinajstić information content (AvgIpc) is 3.20. The molecule has 0 bridgehead atoms. The Morgan fingerprint density at radius 1 is 0.473 bits per heavy atom. The average molecular weight is 727 g/mol. The number of nitrogens with one attached hydrogen (secondary N) is 3. The molecule has 0 saturated carbocycles. The number of allylic oxidation sites excluding steroid dienone is 1. The van der Waals surface area contributed by atoms with E-state index in [9.17, 15) is 14.4 Å². The van der Waals surface area contributed by atoms with Crippen LogP contribution in [0.4, 0.5) is 17.2 Å². The molecule has 0 aliphatic heterocycles. The first-order valence-electron chi connectivity index (χ1n) is 17.8. The number of carbonyl (C=O) groups is 3. The van der Waals surface area contributed by atoms with E-state index in [1.54, 1.807) is 30.5 Å². The Morgan fingerprint density at radius 3 is 1.35 bits per heavy atom. The molecular weight excluding hydrogens is 681 g/mol. The van der Waals surface area contributed by atoms with Gasteiger partial charge in [-0.25, -0.2) is 4.98 Å². The summed E-state index contributed by atoms with van der Waals surface area (Å²) in [7, 11) is 0. The fraction of sp³-hybridized carbons (Fsp3) is 0.0833. The lowest BCUT2D eigenvalue weighted by Crippen LogP contribution is -2.08. The molecule has 0 atom stereocenters. The number of hydrogen-bond donors (Lipinski definition) is 3. The number of aromatic nitrogens is 1. The highest BCUT2D eigenvalue weighted by Crippen LogP contribution is 2.14. The predicted octanol–water partition coefficient (Wildman–Crippen LogP) is 10.7. The number of aryl methyl sites for hydroxylation is 3. The molecule has 0 fully saturated rings. The molecule has 55 heavy (non-hydrogen) atoms. The Bertz CT molecular complexity index is 2070. The van der Waals surface area contributed by atoms with Gasteiger partial charge in [-0.3, -0.25) is 14.4 Å². The van der Waals surface area contributed by atoms with Crippen molar-refractivity contribution in [1.82, 2.24) is 4.98 Å². The highest BCUT2D eigenvalue weighted by Gasteiger charge is 2.02. The van der Waals surface area contributed by atoms with Crippen molar-refractivity contribution in [2.75, 3.05) is 16.0 Å². The molecule has 0 spiro atoms. The van der Waals surface area contributed by atoms with Gasteiger partial charge in [0.2, 0.25) is 17.7 Å². The van der Waals surface area contributed by atoms with E-state index in [4.69, 9.17) is 0 Å². The van der Waals surface area contributed by atoms with E-state index in [2.05, 4.69) is 20.9 Å². The maximum absolute atomic E-state index is 11.9. The Labute approximate surface area is 324 Å². The van der Waals surface area contributed by atoms with Crippen LogP contribution in [0, 0.1) is 20.8 Å². The van der Waals surface area contributed by atoms with Crippen LogP contribution in [-0.4, -0.2) is 22.7 Å². The van der Waals surface area contributed by atoms with Crippen LogP contribution in [0.2, 0.25) is 0 Å². The molecule has 0 saturated heterocycles. The topological polar surface area (TPSA) is 100 Å². The molecule has 0 unspecified atom stereocenters.